The molecule has 2 amide bonds. The van der Waals surface area contributed by atoms with Crippen molar-refractivity contribution in [2.75, 3.05) is 10.6 Å². The molecule has 0 bridgehead atoms. The maximum atomic E-state index is 12.1. The number of nitrogens with one attached hydrogen (secondary N) is 2. The van der Waals surface area contributed by atoms with Gasteiger partial charge in [0.15, 0.2) is 6.10 Å². The highest BCUT2D eigenvalue weighted by atomic mass is 16.5. The zero-order valence-electron chi connectivity index (χ0n) is 12.9. The summed E-state index contributed by atoms with van der Waals surface area (Å²) < 4.78 is 5.50. The van der Waals surface area contributed by atoms with Crippen molar-refractivity contribution < 1.29 is 14.3 Å². The van der Waals surface area contributed by atoms with Crippen LogP contribution in [0.2, 0.25) is 0 Å². The third-order valence-corrected chi connectivity index (χ3v) is 4.39. The number of rotatable bonds is 3. The molecule has 1 aliphatic heterocycles. The fraction of sp³-hybridized carbons (Fsp3) is 0.529. The van der Waals surface area contributed by atoms with E-state index in [9.17, 15) is 9.59 Å². The minimum absolute atomic E-state index is 0.0447. The van der Waals surface area contributed by atoms with Crippen LogP contribution >= 0.6 is 0 Å². The predicted octanol–water partition coefficient (Wildman–Crippen LogP) is 3.31. The molecule has 22 heavy (non-hydrogen) atoms. The van der Waals surface area contributed by atoms with Gasteiger partial charge in [-0.05, 0) is 43.9 Å². The maximum Gasteiger partial charge on any atom is 0.265 e. The highest BCUT2D eigenvalue weighted by Gasteiger charge is 2.24. The molecule has 3 rings (SSSR count). The zero-order valence-corrected chi connectivity index (χ0v) is 12.9. The predicted molar refractivity (Wildman–Crippen MR) is 85.0 cm³/mol. The van der Waals surface area contributed by atoms with Crippen molar-refractivity contribution in [3.63, 3.8) is 0 Å². The van der Waals surface area contributed by atoms with Gasteiger partial charge in [0.25, 0.3) is 5.91 Å². The summed E-state index contributed by atoms with van der Waals surface area (Å²) in [4.78, 5) is 23.8. The molecule has 118 valence electrons. The first kappa shape index (κ1) is 14.9. The summed E-state index contributed by atoms with van der Waals surface area (Å²) in [6, 6.07) is 5.33. The van der Waals surface area contributed by atoms with Crippen molar-refractivity contribution in [2.24, 2.45) is 5.92 Å². The van der Waals surface area contributed by atoms with Crippen LogP contribution in [0.4, 0.5) is 11.4 Å². The molecule has 0 aromatic heterocycles. The Balaban J connectivity index is 1.62. The molecular formula is C17H22N2O3. The highest BCUT2D eigenvalue weighted by molar-refractivity contribution is 5.99. The van der Waals surface area contributed by atoms with Gasteiger partial charge in [0.2, 0.25) is 5.91 Å². The molecule has 1 unspecified atom stereocenters. The number of anilines is 2. The summed E-state index contributed by atoms with van der Waals surface area (Å²) >= 11 is 0. The number of hydrogen-bond acceptors (Lipinski definition) is 3. The van der Waals surface area contributed by atoms with E-state index in [0.717, 1.165) is 12.8 Å². The van der Waals surface area contributed by atoms with E-state index in [4.69, 9.17) is 4.74 Å². The Labute approximate surface area is 130 Å². The van der Waals surface area contributed by atoms with E-state index in [2.05, 4.69) is 10.6 Å². The quantitative estimate of drug-likeness (QED) is 0.900. The van der Waals surface area contributed by atoms with Gasteiger partial charge in [-0.15, -0.1) is 0 Å². The molecule has 0 spiro atoms. The molecule has 1 aromatic carbocycles. The normalized spacial score (nSPS) is 21.5. The first-order chi connectivity index (χ1) is 10.6. The topological polar surface area (TPSA) is 67.4 Å². The monoisotopic (exact) mass is 302 g/mol. The number of ether oxygens (including phenoxy) is 1. The maximum absolute atomic E-state index is 12.1. The number of fused-ring (bicyclic) bond motifs is 1. The third kappa shape index (κ3) is 3.40. The van der Waals surface area contributed by atoms with E-state index in [0.29, 0.717) is 29.5 Å². The molecule has 1 fully saturated rings. The van der Waals surface area contributed by atoms with E-state index < -0.39 is 6.10 Å². The lowest BCUT2D eigenvalue weighted by molar-refractivity contribution is -0.122. The molecule has 2 N–H and O–H groups in total. The smallest absolute Gasteiger partial charge is 0.265 e. The number of carbonyl (C=O) groups excluding carboxylic acids is 2. The fourth-order valence-electron chi connectivity index (χ4n) is 3.15. The average Bonchev–Trinajstić information content (AvgIpc) is 2.49. The van der Waals surface area contributed by atoms with Crippen molar-refractivity contribution in [1.29, 1.82) is 0 Å². The van der Waals surface area contributed by atoms with Crippen molar-refractivity contribution in [3.8, 4) is 5.75 Å². The molecule has 1 aliphatic carbocycles. The van der Waals surface area contributed by atoms with Gasteiger partial charge in [-0.25, -0.2) is 0 Å². The van der Waals surface area contributed by atoms with Gasteiger partial charge in [0.1, 0.15) is 5.75 Å². The van der Waals surface area contributed by atoms with Gasteiger partial charge in [-0.1, -0.05) is 19.3 Å². The van der Waals surface area contributed by atoms with Crippen molar-refractivity contribution in [2.45, 2.75) is 51.6 Å². The van der Waals surface area contributed by atoms with E-state index in [1.54, 1.807) is 19.1 Å². The zero-order chi connectivity index (χ0) is 15.5. The van der Waals surface area contributed by atoms with Crippen LogP contribution in [-0.2, 0) is 9.59 Å². The van der Waals surface area contributed by atoms with Crippen LogP contribution in [0.15, 0.2) is 18.2 Å². The van der Waals surface area contributed by atoms with E-state index in [1.165, 1.54) is 19.3 Å². The summed E-state index contributed by atoms with van der Waals surface area (Å²) in [5.74, 6) is 1.02. The van der Waals surface area contributed by atoms with Gasteiger partial charge >= 0.3 is 0 Å². The fourth-order valence-corrected chi connectivity index (χ4v) is 3.15. The largest absolute Gasteiger partial charge is 0.479 e. The van der Waals surface area contributed by atoms with E-state index >= 15 is 0 Å². The molecule has 5 heteroatoms. The average molecular weight is 302 g/mol. The van der Waals surface area contributed by atoms with Gasteiger partial charge in [0.05, 0.1) is 5.69 Å². The van der Waals surface area contributed by atoms with E-state index in [-0.39, 0.29) is 11.8 Å². The van der Waals surface area contributed by atoms with Gasteiger partial charge in [0, 0.05) is 12.1 Å². The molecule has 1 atom stereocenters. The lowest BCUT2D eigenvalue weighted by atomic mass is 9.87. The molecule has 5 nitrogen and oxygen atoms in total. The second-order valence-electron chi connectivity index (χ2n) is 6.22. The highest BCUT2D eigenvalue weighted by Crippen LogP contribution is 2.32. The summed E-state index contributed by atoms with van der Waals surface area (Å²) in [5, 5.41) is 5.71. The van der Waals surface area contributed by atoms with E-state index in [1.807, 2.05) is 6.07 Å². The Morgan fingerprint density at radius 1 is 1.32 bits per heavy atom. The van der Waals surface area contributed by atoms with Crippen molar-refractivity contribution in [1.82, 2.24) is 0 Å². The summed E-state index contributed by atoms with van der Waals surface area (Å²) in [7, 11) is 0. The molecule has 0 saturated heterocycles. The molecule has 1 aromatic rings. The summed E-state index contributed by atoms with van der Waals surface area (Å²) in [6.07, 6.45) is 6.16. The Bertz CT molecular complexity index is 579. The lowest BCUT2D eigenvalue weighted by Gasteiger charge is -2.24. The van der Waals surface area contributed by atoms with Gasteiger partial charge in [-0.2, -0.15) is 0 Å². The first-order valence-electron chi connectivity index (χ1n) is 8.03. The van der Waals surface area contributed by atoms with Crippen LogP contribution in [0, 0.1) is 5.92 Å². The number of carbonyl (C=O) groups is 2. The Hall–Kier alpha value is -2.04. The Morgan fingerprint density at radius 3 is 2.86 bits per heavy atom. The lowest BCUT2D eigenvalue weighted by Crippen LogP contribution is -2.34. The summed E-state index contributed by atoms with van der Waals surface area (Å²) in [6.45, 7) is 1.71. The number of hydrogen-bond donors (Lipinski definition) is 2. The third-order valence-electron chi connectivity index (χ3n) is 4.39. The minimum Gasteiger partial charge on any atom is -0.479 e. The first-order valence-corrected chi connectivity index (χ1v) is 8.03. The van der Waals surface area contributed by atoms with Crippen LogP contribution < -0.4 is 15.4 Å². The SMILES string of the molecule is CC1Oc2ccc(NC(=O)CC3CCCCC3)cc2NC1=O. The molecular weight excluding hydrogens is 280 g/mol. The van der Waals surface area contributed by atoms with Gasteiger partial charge in [-0.3, -0.25) is 9.59 Å². The summed E-state index contributed by atoms with van der Waals surface area (Å²) in [5.41, 5.74) is 1.30. The Kier molecular flexibility index (Phi) is 4.32. The van der Waals surface area contributed by atoms with Crippen LogP contribution in [0.25, 0.3) is 0 Å². The van der Waals surface area contributed by atoms with Gasteiger partial charge < -0.3 is 15.4 Å². The molecule has 1 saturated carbocycles. The standard InChI is InChI=1S/C17H22N2O3/c1-11-17(21)19-14-10-13(7-8-15(14)22-11)18-16(20)9-12-5-3-2-4-6-12/h7-8,10-12H,2-6,9H2,1H3,(H,18,20)(H,19,21). The second kappa shape index (κ2) is 6.38. The van der Waals surface area contributed by atoms with Crippen LogP contribution in [-0.4, -0.2) is 17.9 Å². The molecule has 1 heterocycles. The number of benzene rings is 1. The van der Waals surface area contributed by atoms with Crippen molar-refractivity contribution in [3.05, 3.63) is 18.2 Å². The van der Waals surface area contributed by atoms with Crippen molar-refractivity contribution >= 4 is 23.2 Å². The second-order valence-corrected chi connectivity index (χ2v) is 6.22. The van der Waals surface area contributed by atoms with Crippen LogP contribution in [0.3, 0.4) is 0 Å². The Morgan fingerprint density at radius 2 is 2.09 bits per heavy atom. The molecule has 0 radical (unpaired) electrons. The molecule has 2 aliphatic rings. The number of amides is 2. The van der Waals surface area contributed by atoms with Crippen LogP contribution in [0.1, 0.15) is 45.4 Å². The minimum atomic E-state index is -0.487. The van der Waals surface area contributed by atoms with Crippen LogP contribution in [0.5, 0.6) is 5.75 Å².